The molecule has 0 atom stereocenters. The molecule has 0 saturated carbocycles. The first-order chi connectivity index (χ1) is 9.40. The molecule has 0 heterocycles. The van der Waals surface area contributed by atoms with Crippen LogP contribution in [-0.2, 0) is 6.18 Å². The van der Waals surface area contributed by atoms with Crippen molar-refractivity contribution in [2.75, 3.05) is 12.4 Å². The summed E-state index contributed by atoms with van der Waals surface area (Å²) < 4.78 is 42.4. The van der Waals surface area contributed by atoms with Crippen LogP contribution in [0.5, 0.6) is 5.75 Å². The molecule has 0 saturated heterocycles. The van der Waals surface area contributed by atoms with E-state index in [2.05, 4.69) is 5.32 Å². The van der Waals surface area contributed by atoms with E-state index < -0.39 is 11.7 Å². The third-order valence-corrected chi connectivity index (χ3v) is 2.99. The fourth-order valence-electron chi connectivity index (χ4n) is 1.63. The summed E-state index contributed by atoms with van der Waals surface area (Å²) in [6, 6.07) is 9.72. The fourth-order valence-corrected chi connectivity index (χ4v) is 1.79. The first-order valence-electron chi connectivity index (χ1n) is 5.68. The lowest BCUT2D eigenvalue weighted by molar-refractivity contribution is -0.137. The summed E-state index contributed by atoms with van der Waals surface area (Å²) in [7, 11) is 1.52. The van der Waals surface area contributed by atoms with Crippen LogP contribution in [0.4, 0.5) is 24.5 Å². The zero-order valence-corrected chi connectivity index (χ0v) is 11.2. The van der Waals surface area contributed by atoms with Crippen molar-refractivity contribution >= 4 is 23.0 Å². The van der Waals surface area contributed by atoms with Crippen LogP contribution >= 0.6 is 11.6 Å². The highest BCUT2D eigenvalue weighted by molar-refractivity contribution is 6.33. The highest BCUT2D eigenvalue weighted by Gasteiger charge is 2.29. The van der Waals surface area contributed by atoms with Crippen molar-refractivity contribution in [3.05, 3.63) is 53.1 Å². The maximum atomic E-state index is 12.5. The minimum Gasteiger partial charge on any atom is -0.497 e. The fraction of sp³-hybridized carbons (Fsp3) is 0.143. The second kappa shape index (κ2) is 5.63. The summed E-state index contributed by atoms with van der Waals surface area (Å²) in [5, 5.41) is 3.40. The molecular weight excluding hydrogens is 291 g/mol. The molecular formula is C14H11ClF3NO. The topological polar surface area (TPSA) is 21.3 Å². The van der Waals surface area contributed by atoms with E-state index in [4.69, 9.17) is 16.3 Å². The molecule has 6 heteroatoms. The van der Waals surface area contributed by atoms with E-state index in [9.17, 15) is 13.2 Å². The van der Waals surface area contributed by atoms with Gasteiger partial charge in [-0.2, -0.15) is 13.2 Å². The largest absolute Gasteiger partial charge is 0.497 e. The van der Waals surface area contributed by atoms with Gasteiger partial charge >= 0.3 is 6.18 Å². The lowest BCUT2D eigenvalue weighted by Crippen LogP contribution is -2.04. The molecule has 0 amide bonds. The van der Waals surface area contributed by atoms with Crippen molar-refractivity contribution in [2.24, 2.45) is 0 Å². The van der Waals surface area contributed by atoms with Gasteiger partial charge in [0, 0.05) is 11.8 Å². The van der Waals surface area contributed by atoms with E-state index >= 15 is 0 Å². The van der Waals surface area contributed by atoms with Gasteiger partial charge in [-0.25, -0.2) is 0 Å². The molecule has 0 aliphatic rings. The lowest BCUT2D eigenvalue weighted by atomic mass is 10.2. The van der Waals surface area contributed by atoms with Crippen molar-refractivity contribution < 1.29 is 17.9 Å². The average Bonchev–Trinajstić information content (AvgIpc) is 2.41. The first kappa shape index (κ1) is 14.5. The average molecular weight is 302 g/mol. The summed E-state index contributed by atoms with van der Waals surface area (Å²) in [5.74, 6) is 0.601. The first-order valence-corrected chi connectivity index (χ1v) is 6.06. The normalized spacial score (nSPS) is 11.2. The van der Waals surface area contributed by atoms with Crippen LogP contribution in [0.1, 0.15) is 5.56 Å². The van der Waals surface area contributed by atoms with Gasteiger partial charge in [0.15, 0.2) is 0 Å². The van der Waals surface area contributed by atoms with Crippen LogP contribution in [0, 0.1) is 0 Å². The van der Waals surface area contributed by atoms with Crippen molar-refractivity contribution in [3.63, 3.8) is 0 Å². The molecule has 2 aromatic rings. The van der Waals surface area contributed by atoms with E-state index in [1.807, 2.05) is 0 Å². The second-order valence-electron chi connectivity index (χ2n) is 4.05. The van der Waals surface area contributed by atoms with E-state index in [1.54, 1.807) is 18.2 Å². The third kappa shape index (κ3) is 3.36. The monoisotopic (exact) mass is 301 g/mol. The molecule has 2 aromatic carbocycles. The molecule has 2 rings (SSSR count). The number of nitrogens with one attached hydrogen (secondary N) is 1. The van der Waals surface area contributed by atoms with Gasteiger partial charge in [0.1, 0.15) is 5.75 Å². The van der Waals surface area contributed by atoms with Gasteiger partial charge in [0.25, 0.3) is 0 Å². The Balaban J connectivity index is 2.22. The molecule has 2 nitrogen and oxygen atoms in total. The smallest absolute Gasteiger partial charge is 0.416 e. The highest BCUT2D eigenvalue weighted by Crippen LogP contribution is 2.32. The molecule has 1 N–H and O–H groups in total. The Morgan fingerprint density at radius 3 is 2.25 bits per heavy atom. The lowest BCUT2D eigenvalue weighted by Gasteiger charge is -2.11. The van der Waals surface area contributed by atoms with Gasteiger partial charge < -0.3 is 10.1 Å². The second-order valence-corrected chi connectivity index (χ2v) is 4.45. The third-order valence-electron chi connectivity index (χ3n) is 2.66. The van der Waals surface area contributed by atoms with E-state index in [0.29, 0.717) is 22.1 Å². The minimum atomic E-state index is -4.34. The molecule has 0 unspecified atom stereocenters. The predicted molar refractivity (Wildman–Crippen MR) is 72.7 cm³/mol. The van der Waals surface area contributed by atoms with Crippen LogP contribution in [-0.4, -0.2) is 7.11 Å². The number of methoxy groups -OCH3 is 1. The Morgan fingerprint density at radius 1 is 1.05 bits per heavy atom. The molecule has 0 spiro atoms. The quantitative estimate of drug-likeness (QED) is 0.850. The highest BCUT2D eigenvalue weighted by atomic mass is 35.5. The van der Waals surface area contributed by atoms with Gasteiger partial charge in [0.05, 0.1) is 23.4 Å². The summed E-state index contributed by atoms with van der Waals surface area (Å²) in [4.78, 5) is 0. The zero-order chi connectivity index (χ0) is 14.8. The molecule has 0 fully saturated rings. The van der Waals surface area contributed by atoms with Crippen molar-refractivity contribution in [1.82, 2.24) is 0 Å². The number of halogens is 4. The van der Waals surface area contributed by atoms with E-state index in [0.717, 1.165) is 12.1 Å². The number of hydrogen-bond acceptors (Lipinski definition) is 2. The summed E-state index contributed by atoms with van der Waals surface area (Å²) in [5.41, 5.74) is 0.374. The predicted octanol–water partition coefficient (Wildman–Crippen LogP) is 5.11. The van der Waals surface area contributed by atoms with Gasteiger partial charge in [-0.05, 0) is 36.4 Å². The van der Waals surface area contributed by atoms with Crippen LogP contribution in [0.3, 0.4) is 0 Å². The SMILES string of the molecule is COc1ccc(Cl)c(Nc2ccc(C(F)(F)F)cc2)c1. The number of benzene rings is 2. The van der Waals surface area contributed by atoms with Crippen molar-refractivity contribution in [3.8, 4) is 5.75 Å². The summed E-state index contributed by atoms with van der Waals surface area (Å²) >= 11 is 6.01. The van der Waals surface area contributed by atoms with Gasteiger partial charge in [-0.15, -0.1) is 0 Å². The molecule has 20 heavy (non-hydrogen) atoms. The minimum absolute atomic E-state index is 0.450. The van der Waals surface area contributed by atoms with E-state index in [-0.39, 0.29) is 0 Å². The Kier molecular flexibility index (Phi) is 4.09. The Hall–Kier alpha value is -1.88. The number of hydrogen-bond donors (Lipinski definition) is 1. The number of rotatable bonds is 3. The van der Waals surface area contributed by atoms with Crippen LogP contribution in [0.25, 0.3) is 0 Å². The number of ether oxygens (including phenoxy) is 1. The number of alkyl halides is 3. The molecule has 0 radical (unpaired) electrons. The molecule has 0 aliphatic carbocycles. The van der Waals surface area contributed by atoms with Gasteiger partial charge in [-0.3, -0.25) is 0 Å². The van der Waals surface area contributed by atoms with Crippen LogP contribution < -0.4 is 10.1 Å². The maximum absolute atomic E-state index is 12.5. The molecule has 0 aromatic heterocycles. The number of anilines is 2. The Morgan fingerprint density at radius 2 is 1.70 bits per heavy atom. The summed E-state index contributed by atoms with van der Waals surface area (Å²) in [6.45, 7) is 0. The Labute approximate surface area is 119 Å². The van der Waals surface area contributed by atoms with E-state index in [1.165, 1.54) is 19.2 Å². The zero-order valence-electron chi connectivity index (χ0n) is 10.5. The standard InChI is InChI=1S/C14H11ClF3NO/c1-20-11-6-7-12(15)13(8-11)19-10-4-2-9(3-5-10)14(16,17)18/h2-8,19H,1H3. The van der Waals surface area contributed by atoms with Crippen molar-refractivity contribution in [2.45, 2.75) is 6.18 Å². The summed E-state index contributed by atoms with van der Waals surface area (Å²) in [6.07, 6.45) is -4.34. The molecule has 0 aliphatic heterocycles. The molecule has 106 valence electrons. The molecule has 0 bridgehead atoms. The van der Waals surface area contributed by atoms with Crippen LogP contribution in [0.15, 0.2) is 42.5 Å². The Bertz CT molecular complexity index is 596. The van der Waals surface area contributed by atoms with Gasteiger partial charge in [0.2, 0.25) is 0 Å². The van der Waals surface area contributed by atoms with Crippen molar-refractivity contribution in [1.29, 1.82) is 0 Å². The maximum Gasteiger partial charge on any atom is 0.416 e. The van der Waals surface area contributed by atoms with Crippen LogP contribution in [0.2, 0.25) is 5.02 Å². The van der Waals surface area contributed by atoms with Gasteiger partial charge in [-0.1, -0.05) is 11.6 Å².